The topological polar surface area (TPSA) is 43.3 Å². The summed E-state index contributed by atoms with van der Waals surface area (Å²) in [7, 11) is 0. The average Bonchev–Trinajstić information content (AvgIpc) is 2.68. The fourth-order valence-electron chi connectivity index (χ4n) is 1.87. The zero-order valence-corrected chi connectivity index (χ0v) is 10.9. The number of anilines is 1. The summed E-state index contributed by atoms with van der Waals surface area (Å²) in [5.41, 5.74) is 8.16. The Bertz CT molecular complexity index is 719. The predicted octanol–water partition coefficient (Wildman–Crippen LogP) is 3.49. The second-order valence-corrected chi connectivity index (χ2v) is 4.70. The largest absolute Gasteiger partial charge is 0.399 e. The van der Waals surface area contributed by atoms with Gasteiger partial charge in [0.15, 0.2) is 0 Å². The molecule has 0 aliphatic rings. The molecule has 0 saturated carbocycles. The van der Waals surface area contributed by atoms with Crippen LogP contribution in [0.5, 0.6) is 0 Å². The number of nitrogen functional groups attached to an aromatic ring is 1. The number of nitrogens with two attached hydrogens (primary N) is 1. The summed E-state index contributed by atoms with van der Waals surface area (Å²) in [5.74, 6) is 0.486. The van der Waals surface area contributed by atoms with Crippen molar-refractivity contribution in [3.8, 4) is 11.4 Å². The third kappa shape index (κ3) is 1.76. The minimum Gasteiger partial charge on any atom is -0.399 e. The SMILES string of the molecule is Nc1ccn2c(-c3ccc(F)cc3)nc(Br)c2c1. The van der Waals surface area contributed by atoms with E-state index >= 15 is 0 Å². The summed E-state index contributed by atoms with van der Waals surface area (Å²) < 4.78 is 15.5. The number of hydrogen-bond donors (Lipinski definition) is 1. The maximum atomic E-state index is 12.9. The molecule has 18 heavy (non-hydrogen) atoms. The Morgan fingerprint density at radius 2 is 1.89 bits per heavy atom. The van der Waals surface area contributed by atoms with Crippen molar-refractivity contribution in [2.24, 2.45) is 0 Å². The van der Waals surface area contributed by atoms with Crippen molar-refractivity contribution in [2.75, 3.05) is 5.73 Å². The fraction of sp³-hybridized carbons (Fsp3) is 0. The summed E-state index contributed by atoms with van der Waals surface area (Å²) in [6.07, 6.45) is 1.85. The van der Waals surface area contributed by atoms with E-state index in [-0.39, 0.29) is 5.82 Å². The van der Waals surface area contributed by atoms with E-state index in [0.29, 0.717) is 10.3 Å². The number of aromatic nitrogens is 2. The highest BCUT2D eigenvalue weighted by molar-refractivity contribution is 9.10. The van der Waals surface area contributed by atoms with Gasteiger partial charge in [0, 0.05) is 17.4 Å². The minimum absolute atomic E-state index is 0.261. The first-order valence-corrected chi connectivity index (χ1v) is 6.13. The molecule has 3 rings (SSSR count). The van der Waals surface area contributed by atoms with Crippen LogP contribution in [0.4, 0.5) is 10.1 Å². The number of imidazole rings is 1. The molecular formula is C13H9BrFN3. The van der Waals surface area contributed by atoms with Crippen molar-refractivity contribution in [3.05, 3.63) is 53.0 Å². The van der Waals surface area contributed by atoms with Crippen molar-refractivity contribution in [2.45, 2.75) is 0 Å². The average molecular weight is 306 g/mol. The van der Waals surface area contributed by atoms with E-state index in [1.54, 1.807) is 18.2 Å². The highest BCUT2D eigenvalue weighted by Gasteiger charge is 2.10. The van der Waals surface area contributed by atoms with E-state index < -0.39 is 0 Å². The van der Waals surface area contributed by atoms with Gasteiger partial charge < -0.3 is 5.73 Å². The van der Waals surface area contributed by atoms with Gasteiger partial charge in [-0.1, -0.05) is 0 Å². The quantitative estimate of drug-likeness (QED) is 0.748. The van der Waals surface area contributed by atoms with Gasteiger partial charge in [0.1, 0.15) is 16.2 Å². The summed E-state index contributed by atoms with van der Waals surface area (Å²) in [6, 6.07) is 9.88. The van der Waals surface area contributed by atoms with Crippen LogP contribution in [0.3, 0.4) is 0 Å². The molecule has 0 unspecified atom stereocenters. The maximum absolute atomic E-state index is 12.9. The number of hydrogen-bond acceptors (Lipinski definition) is 2. The van der Waals surface area contributed by atoms with E-state index in [2.05, 4.69) is 20.9 Å². The fourth-order valence-corrected chi connectivity index (χ4v) is 2.34. The van der Waals surface area contributed by atoms with Crippen molar-refractivity contribution >= 4 is 27.1 Å². The molecule has 0 aliphatic carbocycles. The predicted molar refractivity (Wildman–Crippen MR) is 72.7 cm³/mol. The summed E-state index contributed by atoms with van der Waals surface area (Å²) in [5, 5.41) is 0. The van der Waals surface area contributed by atoms with Gasteiger partial charge >= 0.3 is 0 Å². The standard InChI is InChI=1S/C13H9BrFN3/c14-12-11-7-10(16)5-6-18(11)13(17-12)8-1-3-9(15)4-2-8/h1-7H,16H2. The molecule has 3 aromatic rings. The third-order valence-corrected chi connectivity index (χ3v) is 3.31. The van der Waals surface area contributed by atoms with Crippen molar-refractivity contribution < 1.29 is 4.39 Å². The monoisotopic (exact) mass is 305 g/mol. The third-order valence-electron chi connectivity index (χ3n) is 2.73. The number of fused-ring (bicyclic) bond motifs is 1. The first-order chi connectivity index (χ1) is 8.65. The van der Waals surface area contributed by atoms with E-state index in [1.807, 2.05) is 16.7 Å². The smallest absolute Gasteiger partial charge is 0.145 e. The second kappa shape index (κ2) is 4.10. The second-order valence-electron chi connectivity index (χ2n) is 3.95. The molecule has 0 spiro atoms. The van der Waals surface area contributed by atoms with Crippen molar-refractivity contribution in [1.29, 1.82) is 0 Å². The Labute approximate surface area is 111 Å². The molecule has 0 fully saturated rings. The molecular weight excluding hydrogens is 297 g/mol. The van der Waals surface area contributed by atoms with Crippen LogP contribution in [0.15, 0.2) is 47.2 Å². The van der Waals surface area contributed by atoms with Gasteiger partial charge in [-0.05, 0) is 52.3 Å². The van der Waals surface area contributed by atoms with E-state index in [1.165, 1.54) is 12.1 Å². The summed E-state index contributed by atoms with van der Waals surface area (Å²) >= 11 is 3.40. The molecule has 0 radical (unpaired) electrons. The molecule has 1 aromatic carbocycles. The molecule has 3 nitrogen and oxygen atoms in total. The molecule has 0 aliphatic heterocycles. The van der Waals surface area contributed by atoms with Crippen molar-refractivity contribution in [3.63, 3.8) is 0 Å². The van der Waals surface area contributed by atoms with Crippen LogP contribution in [0.25, 0.3) is 16.9 Å². The molecule has 2 N–H and O–H groups in total. The van der Waals surface area contributed by atoms with Crippen LogP contribution in [0.1, 0.15) is 0 Å². The first-order valence-electron chi connectivity index (χ1n) is 5.34. The van der Waals surface area contributed by atoms with Gasteiger partial charge in [0.2, 0.25) is 0 Å². The molecule has 0 amide bonds. The van der Waals surface area contributed by atoms with Crippen LogP contribution in [0.2, 0.25) is 0 Å². The lowest BCUT2D eigenvalue weighted by molar-refractivity contribution is 0.628. The lowest BCUT2D eigenvalue weighted by Crippen LogP contribution is -1.91. The Morgan fingerprint density at radius 3 is 2.61 bits per heavy atom. The minimum atomic E-state index is -0.261. The Kier molecular flexibility index (Phi) is 2.56. The molecule has 2 aromatic heterocycles. The normalized spacial score (nSPS) is 11.0. The summed E-state index contributed by atoms with van der Waals surface area (Å²) in [6.45, 7) is 0. The highest BCUT2D eigenvalue weighted by Crippen LogP contribution is 2.27. The van der Waals surface area contributed by atoms with Crippen molar-refractivity contribution in [1.82, 2.24) is 9.38 Å². The lowest BCUT2D eigenvalue weighted by Gasteiger charge is -2.01. The van der Waals surface area contributed by atoms with Gasteiger partial charge in [0.05, 0.1) is 5.52 Å². The van der Waals surface area contributed by atoms with Crippen LogP contribution in [0, 0.1) is 5.82 Å². The summed E-state index contributed by atoms with van der Waals surface area (Å²) in [4.78, 5) is 4.43. The number of nitrogens with zero attached hydrogens (tertiary/aromatic N) is 2. The zero-order valence-electron chi connectivity index (χ0n) is 9.27. The Hall–Kier alpha value is -1.88. The van der Waals surface area contributed by atoms with Gasteiger partial charge in [-0.25, -0.2) is 9.37 Å². The van der Waals surface area contributed by atoms with Gasteiger partial charge in [0.25, 0.3) is 0 Å². The number of halogens is 2. The van der Waals surface area contributed by atoms with Crippen LogP contribution in [-0.2, 0) is 0 Å². The van der Waals surface area contributed by atoms with Gasteiger partial charge in [-0.15, -0.1) is 0 Å². The van der Waals surface area contributed by atoms with Crippen LogP contribution >= 0.6 is 15.9 Å². The van der Waals surface area contributed by atoms with Gasteiger partial charge in [-0.3, -0.25) is 4.40 Å². The highest BCUT2D eigenvalue weighted by atomic mass is 79.9. The molecule has 0 bridgehead atoms. The van der Waals surface area contributed by atoms with E-state index in [9.17, 15) is 4.39 Å². The van der Waals surface area contributed by atoms with Gasteiger partial charge in [-0.2, -0.15) is 0 Å². The number of pyridine rings is 1. The van der Waals surface area contributed by atoms with E-state index in [0.717, 1.165) is 16.9 Å². The molecule has 2 heterocycles. The number of benzene rings is 1. The number of rotatable bonds is 1. The lowest BCUT2D eigenvalue weighted by atomic mass is 10.2. The molecule has 0 saturated heterocycles. The Balaban J connectivity index is 2.26. The first kappa shape index (κ1) is 11.2. The Morgan fingerprint density at radius 1 is 1.17 bits per heavy atom. The molecule has 0 atom stereocenters. The molecule has 90 valence electrons. The molecule has 5 heteroatoms. The van der Waals surface area contributed by atoms with Crippen LogP contribution < -0.4 is 5.73 Å². The van der Waals surface area contributed by atoms with E-state index in [4.69, 9.17) is 5.73 Å². The van der Waals surface area contributed by atoms with Crippen LogP contribution in [-0.4, -0.2) is 9.38 Å². The maximum Gasteiger partial charge on any atom is 0.145 e. The zero-order chi connectivity index (χ0) is 12.7.